The Morgan fingerprint density at radius 3 is 2.53 bits per heavy atom. The molecular weight excluding hydrogens is 404 g/mol. The van der Waals surface area contributed by atoms with Gasteiger partial charge in [-0.15, -0.1) is 0 Å². The summed E-state index contributed by atoms with van der Waals surface area (Å²) in [5.41, 5.74) is 3.44. The largest absolute Gasteiger partial charge is 0.463 e. The summed E-state index contributed by atoms with van der Waals surface area (Å²) >= 11 is 0. The van der Waals surface area contributed by atoms with E-state index >= 15 is 0 Å². The molecule has 32 heavy (non-hydrogen) atoms. The summed E-state index contributed by atoms with van der Waals surface area (Å²) in [5, 5.41) is 2.99. The number of esters is 1. The van der Waals surface area contributed by atoms with Crippen LogP contribution in [0, 0.1) is 0 Å². The number of allylic oxidation sites excluding steroid dienone is 1. The Bertz CT molecular complexity index is 1060. The molecule has 2 aromatic carbocycles. The lowest BCUT2D eigenvalue weighted by molar-refractivity contribution is -0.140. The predicted octanol–water partition coefficient (Wildman–Crippen LogP) is 3.93. The Labute approximate surface area is 188 Å². The second-order valence-corrected chi connectivity index (χ2v) is 8.31. The Kier molecular flexibility index (Phi) is 6.40. The fourth-order valence-corrected chi connectivity index (χ4v) is 4.14. The van der Waals surface area contributed by atoms with Crippen molar-refractivity contribution in [3.05, 3.63) is 82.6 Å². The van der Waals surface area contributed by atoms with Gasteiger partial charge in [0.25, 0.3) is 5.91 Å². The highest BCUT2D eigenvalue weighted by molar-refractivity contribution is 5.96. The first-order chi connectivity index (χ1) is 15.5. The van der Waals surface area contributed by atoms with Crippen molar-refractivity contribution in [2.24, 2.45) is 0 Å². The molecule has 2 aromatic rings. The average molecular weight is 433 g/mol. The monoisotopic (exact) mass is 432 g/mol. The lowest BCUT2D eigenvalue weighted by atomic mass is 9.83. The molecule has 1 unspecified atom stereocenters. The van der Waals surface area contributed by atoms with Crippen molar-refractivity contribution in [1.82, 2.24) is 10.2 Å². The number of hydrogen-bond donors (Lipinski definition) is 1. The van der Waals surface area contributed by atoms with Crippen molar-refractivity contribution in [1.29, 1.82) is 0 Å². The molecule has 0 bridgehead atoms. The predicted molar refractivity (Wildman–Crippen MR) is 121 cm³/mol. The minimum atomic E-state index is -0.395. The smallest absolute Gasteiger partial charge is 0.336 e. The molecule has 0 radical (unpaired) electrons. The van der Waals surface area contributed by atoms with E-state index < -0.39 is 5.97 Å². The van der Waals surface area contributed by atoms with Crippen molar-refractivity contribution >= 4 is 17.8 Å². The van der Waals surface area contributed by atoms with E-state index in [2.05, 4.69) is 5.32 Å². The van der Waals surface area contributed by atoms with Gasteiger partial charge in [0, 0.05) is 29.6 Å². The molecule has 1 saturated carbocycles. The van der Waals surface area contributed by atoms with Gasteiger partial charge >= 0.3 is 5.97 Å². The topological polar surface area (TPSA) is 75.7 Å². The Hall–Kier alpha value is -3.41. The van der Waals surface area contributed by atoms with Crippen LogP contribution in [-0.2, 0) is 20.9 Å². The molecule has 1 heterocycles. The molecule has 0 spiro atoms. The molecule has 2 amide bonds. The standard InChI is InChI=1S/C26H28N2O4/c1-3-32-26(31)24-17(2)28(23(29)15-22(24)19-9-5-4-6-10-19)16-18-8-7-11-20(14-18)25(30)27-21-12-13-21/h4-11,14,21-22H,3,12-13,15-16H2,1-2H3,(H,27,30). The molecule has 2 aliphatic rings. The molecular formula is C26H28N2O4. The van der Waals surface area contributed by atoms with Crippen LogP contribution in [0.5, 0.6) is 0 Å². The van der Waals surface area contributed by atoms with E-state index in [-0.39, 0.29) is 36.8 Å². The number of amides is 2. The van der Waals surface area contributed by atoms with Crippen LogP contribution in [0.2, 0.25) is 0 Å². The van der Waals surface area contributed by atoms with Crippen LogP contribution in [0.1, 0.15) is 60.5 Å². The summed E-state index contributed by atoms with van der Waals surface area (Å²) in [6.45, 7) is 4.13. The van der Waals surface area contributed by atoms with Crippen LogP contribution in [-0.4, -0.2) is 35.3 Å². The molecule has 166 valence electrons. The van der Waals surface area contributed by atoms with E-state index in [9.17, 15) is 14.4 Å². The third kappa shape index (κ3) is 4.74. The Morgan fingerprint density at radius 1 is 1.09 bits per heavy atom. The van der Waals surface area contributed by atoms with E-state index in [1.54, 1.807) is 24.8 Å². The van der Waals surface area contributed by atoms with Crippen molar-refractivity contribution in [3.8, 4) is 0 Å². The summed E-state index contributed by atoms with van der Waals surface area (Å²) in [7, 11) is 0. The number of nitrogens with one attached hydrogen (secondary N) is 1. The molecule has 4 rings (SSSR count). The van der Waals surface area contributed by atoms with Gasteiger partial charge in [0.05, 0.1) is 18.7 Å². The van der Waals surface area contributed by atoms with Gasteiger partial charge in [-0.2, -0.15) is 0 Å². The summed E-state index contributed by atoms with van der Waals surface area (Å²) < 4.78 is 5.34. The summed E-state index contributed by atoms with van der Waals surface area (Å²) in [6, 6.07) is 17.2. The van der Waals surface area contributed by atoms with Gasteiger partial charge in [0.1, 0.15) is 0 Å². The van der Waals surface area contributed by atoms with Crippen molar-refractivity contribution in [3.63, 3.8) is 0 Å². The number of nitrogens with zero attached hydrogens (tertiary/aromatic N) is 1. The fourth-order valence-electron chi connectivity index (χ4n) is 4.14. The molecule has 1 atom stereocenters. The van der Waals surface area contributed by atoms with Crippen LogP contribution in [0.3, 0.4) is 0 Å². The zero-order valence-electron chi connectivity index (χ0n) is 18.5. The normalized spacial score (nSPS) is 18.5. The van der Waals surface area contributed by atoms with Crippen LogP contribution >= 0.6 is 0 Å². The lowest BCUT2D eigenvalue weighted by Gasteiger charge is -2.34. The molecule has 1 N–H and O–H groups in total. The molecule has 6 heteroatoms. The summed E-state index contributed by atoms with van der Waals surface area (Å²) in [6.07, 6.45) is 2.24. The Balaban J connectivity index is 1.63. The number of carbonyl (C=O) groups is 3. The molecule has 0 aromatic heterocycles. The highest BCUT2D eigenvalue weighted by Crippen LogP contribution is 2.37. The number of hydrogen-bond acceptors (Lipinski definition) is 4. The minimum absolute atomic E-state index is 0.0581. The quantitative estimate of drug-likeness (QED) is 0.673. The van der Waals surface area contributed by atoms with E-state index in [0.717, 1.165) is 24.0 Å². The number of rotatable bonds is 7. The van der Waals surface area contributed by atoms with Crippen LogP contribution in [0.4, 0.5) is 0 Å². The van der Waals surface area contributed by atoms with Crippen LogP contribution < -0.4 is 5.32 Å². The highest BCUT2D eigenvalue weighted by Gasteiger charge is 2.36. The molecule has 0 saturated heterocycles. The first kappa shape index (κ1) is 21.8. The van der Waals surface area contributed by atoms with Gasteiger partial charge in [-0.25, -0.2) is 4.79 Å². The molecule has 6 nitrogen and oxygen atoms in total. The fraction of sp³-hybridized carbons (Fsp3) is 0.346. The van der Waals surface area contributed by atoms with Gasteiger partial charge in [0.15, 0.2) is 0 Å². The van der Waals surface area contributed by atoms with E-state index in [4.69, 9.17) is 4.74 Å². The summed E-state index contributed by atoms with van der Waals surface area (Å²) in [4.78, 5) is 40.1. The maximum atomic E-state index is 13.2. The van der Waals surface area contributed by atoms with E-state index in [1.165, 1.54) is 0 Å². The molecule has 1 aliphatic carbocycles. The number of ether oxygens (including phenoxy) is 1. The second kappa shape index (κ2) is 9.39. The number of benzene rings is 2. The van der Waals surface area contributed by atoms with Crippen molar-refractivity contribution in [2.45, 2.75) is 51.6 Å². The minimum Gasteiger partial charge on any atom is -0.463 e. The maximum Gasteiger partial charge on any atom is 0.336 e. The van der Waals surface area contributed by atoms with Gasteiger partial charge in [-0.05, 0) is 49.9 Å². The van der Waals surface area contributed by atoms with E-state index in [1.807, 2.05) is 48.5 Å². The number of carbonyl (C=O) groups excluding carboxylic acids is 3. The highest BCUT2D eigenvalue weighted by atomic mass is 16.5. The van der Waals surface area contributed by atoms with Crippen LogP contribution in [0.15, 0.2) is 65.9 Å². The SMILES string of the molecule is CCOC(=O)C1=C(C)N(Cc2cccc(C(=O)NC3CC3)c2)C(=O)CC1c1ccccc1. The zero-order chi connectivity index (χ0) is 22.7. The zero-order valence-corrected chi connectivity index (χ0v) is 18.5. The van der Waals surface area contributed by atoms with Crippen molar-refractivity contribution in [2.75, 3.05) is 6.61 Å². The lowest BCUT2D eigenvalue weighted by Crippen LogP contribution is -2.38. The third-order valence-electron chi connectivity index (χ3n) is 5.96. The first-order valence-corrected chi connectivity index (χ1v) is 11.1. The third-order valence-corrected chi connectivity index (χ3v) is 5.96. The summed E-state index contributed by atoms with van der Waals surface area (Å²) in [5.74, 6) is -0.885. The van der Waals surface area contributed by atoms with Crippen LogP contribution in [0.25, 0.3) is 0 Å². The second-order valence-electron chi connectivity index (χ2n) is 8.31. The maximum absolute atomic E-state index is 13.2. The first-order valence-electron chi connectivity index (χ1n) is 11.1. The van der Waals surface area contributed by atoms with Crippen molar-refractivity contribution < 1.29 is 19.1 Å². The Morgan fingerprint density at radius 2 is 1.84 bits per heavy atom. The van der Waals surface area contributed by atoms with Gasteiger partial charge < -0.3 is 15.0 Å². The van der Waals surface area contributed by atoms with Gasteiger partial charge in [0.2, 0.25) is 5.91 Å². The van der Waals surface area contributed by atoms with Gasteiger partial charge in [-0.1, -0.05) is 42.5 Å². The molecule has 1 aliphatic heterocycles. The molecule has 1 fully saturated rings. The van der Waals surface area contributed by atoms with Gasteiger partial charge in [-0.3, -0.25) is 9.59 Å². The average Bonchev–Trinajstić information content (AvgIpc) is 3.61. The van der Waals surface area contributed by atoms with E-state index in [0.29, 0.717) is 23.4 Å².